The highest BCUT2D eigenvalue weighted by Gasteiger charge is 2.40. The standard InChI is InChI=1S/C21H48O5Si2/c1-12-13-20(3,4)15-18(21(5,6)14-17(2)23)24-19(16-22)25-28(10,11)26-27(7,8)9/h17-19,22-23H,12-16H2,1-11H3. The molecule has 3 atom stereocenters. The van der Waals surface area contributed by atoms with Gasteiger partial charge in [0.1, 0.15) is 0 Å². The molecule has 0 bridgehead atoms. The van der Waals surface area contributed by atoms with Gasteiger partial charge < -0.3 is 23.5 Å². The van der Waals surface area contributed by atoms with E-state index < -0.39 is 29.3 Å². The Hall–Kier alpha value is 0.234. The molecule has 0 heterocycles. The number of rotatable bonds is 14. The normalized spacial score (nSPS) is 17.5. The lowest BCUT2D eigenvalue weighted by Gasteiger charge is -2.42. The SMILES string of the molecule is CCCC(C)(C)CC(OC(CO)O[Si](C)(C)O[Si](C)(C)C)C(C)(C)CC(C)O. The van der Waals surface area contributed by atoms with Crippen LogP contribution in [-0.4, -0.2) is 52.2 Å². The van der Waals surface area contributed by atoms with Crippen molar-refractivity contribution in [2.24, 2.45) is 10.8 Å². The first-order chi connectivity index (χ1) is 12.4. The van der Waals surface area contributed by atoms with Crippen molar-refractivity contribution in [1.29, 1.82) is 0 Å². The summed E-state index contributed by atoms with van der Waals surface area (Å²) in [6, 6.07) is 0. The molecule has 170 valence electrons. The minimum Gasteiger partial charge on any atom is -0.436 e. The average molecular weight is 437 g/mol. The molecule has 0 aromatic heterocycles. The zero-order valence-electron chi connectivity index (χ0n) is 20.4. The lowest BCUT2D eigenvalue weighted by atomic mass is 9.72. The van der Waals surface area contributed by atoms with Crippen LogP contribution in [0.15, 0.2) is 0 Å². The summed E-state index contributed by atoms with van der Waals surface area (Å²) in [4.78, 5) is 0. The Balaban J connectivity index is 5.46. The second kappa shape index (κ2) is 11.0. The molecule has 3 unspecified atom stereocenters. The molecule has 0 saturated heterocycles. The van der Waals surface area contributed by atoms with Gasteiger partial charge in [-0.05, 0) is 69.8 Å². The summed E-state index contributed by atoms with van der Waals surface area (Å²) in [5.74, 6) is 0. The van der Waals surface area contributed by atoms with Crippen molar-refractivity contribution in [3.8, 4) is 0 Å². The maximum atomic E-state index is 10.00. The number of ether oxygens (including phenoxy) is 1. The molecule has 0 radical (unpaired) electrons. The van der Waals surface area contributed by atoms with Gasteiger partial charge >= 0.3 is 8.56 Å². The number of aliphatic hydroxyl groups excluding tert-OH is 2. The highest BCUT2D eigenvalue weighted by Crippen LogP contribution is 2.39. The van der Waals surface area contributed by atoms with Gasteiger partial charge in [-0.2, -0.15) is 0 Å². The maximum Gasteiger partial charge on any atom is 0.323 e. The van der Waals surface area contributed by atoms with Gasteiger partial charge in [-0.15, -0.1) is 0 Å². The first kappa shape index (κ1) is 28.2. The molecule has 0 fully saturated rings. The molecule has 2 N–H and O–H groups in total. The van der Waals surface area contributed by atoms with Crippen LogP contribution in [-0.2, 0) is 13.3 Å². The van der Waals surface area contributed by atoms with Crippen LogP contribution in [0.4, 0.5) is 0 Å². The summed E-state index contributed by atoms with van der Waals surface area (Å²) in [6.07, 6.45) is 2.42. The molecule has 0 aliphatic rings. The molecule has 28 heavy (non-hydrogen) atoms. The summed E-state index contributed by atoms with van der Waals surface area (Å²) in [6.45, 7) is 23.0. The van der Waals surface area contributed by atoms with Gasteiger partial charge in [0.05, 0.1) is 18.8 Å². The summed E-state index contributed by atoms with van der Waals surface area (Å²) in [5, 5.41) is 20.0. The van der Waals surface area contributed by atoms with E-state index in [4.69, 9.17) is 13.3 Å². The van der Waals surface area contributed by atoms with Crippen molar-refractivity contribution in [2.45, 2.75) is 118 Å². The van der Waals surface area contributed by atoms with Gasteiger partial charge in [0.2, 0.25) is 0 Å². The van der Waals surface area contributed by atoms with Crippen LogP contribution in [0, 0.1) is 10.8 Å². The van der Waals surface area contributed by atoms with Crippen LogP contribution < -0.4 is 0 Å². The molecule has 5 nitrogen and oxygen atoms in total. The zero-order chi connectivity index (χ0) is 22.4. The van der Waals surface area contributed by atoms with Crippen LogP contribution in [0.25, 0.3) is 0 Å². The lowest BCUT2D eigenvalue weighted by Crippen LogP contribution is -2.50. The minimum absolute atomic E-state index is 0.108. The molecule has 0 saturated carbocycles. The Bertz CT molecular complexity index is 445. The topological polar surface area (TPSA) is 68.2 Å². The zero-order valence-corrected chi connectivity index (χ0v) is 22.4. The van der Waals surface area contributed by atoms with Crippen molar-refractivity contribution in [3.05, 3.63) is 0 Å². The van der Waals surface area contributed by atoms with Gasteiger partial charge in [-0.1, -0.05) is 41.0 Å². The largest absolute Gasteiger partial charge is 0.436 e. The number of aliphatic hydroxyl groups is 2. The third-order valence-corrected chi connectivity index (χ3v) is 10.0. The van der Waals surface area contributed by atoms with Crippen molar-refractivity contribution in [2.75, 3.05) is 6.61 Å². The highest BCUT2D eigenvalue weighted by atomic mass is 28.4. The fourth-order valence-electron chi connectivity index (χ4n) is 4.05. The minimum atomic E-state index is -2.43. The van der Waals surface area contributed by atoms with Crippen molar-refractivity contribution >= 4 is 16.9 Å². The summed E-state index contributed by atoms with van der Waals surface area (Å²) >= 11 is 0. The van der Waals surface area contributed by atoms with E-state index in [-0.39, 0.29) is 23.5 Å². The van der Waals surface area contributed by atoms with Gasteiger partial charge in [0.25, 0.3) is 0 Å². The van der Waals surface area contributed by atoms with E-state index in [9.17, 15) is 10.2 Å². The number of hydrogen-bond donors (Lipinski definition) is 2. The van der Waals surface area contributed by atoms with E-state index in [1.54, 1.807) is 0 Å². The van der Waals surface area contributed by atoms with Crippen molar-refractivity contribution < 1.29 is 23.5 Å². The molecule has 0 aliphatic heterocycles. The Morgan fingerprint density at radius 2 is 1.50 bits per heavy atom. The Labute approximate surface area is 176 Å². The second-order valence-corrected chi connectivity index (χ2v) is 19.2. The average Bonchev–Trinajstić information content (AvgIpc) is 2.40. The number of hydrogen-bond acceptors (Lipinski definition) is 5. The van der Waals surface area contributed by atoms with Crippen LogP contribution in [0.1, 0.15) is 67.2 Å². The van der Waals surface area contributed by atoms with E-state index in [0.717, 1.165) is 19.3 Å². The summed E-state index contributed by atoms with van der Waals surface area (Å²) in [7, 11) is -4.18. The molecule has 0 aromatic carbocycles. The monoisotopic (exact) mass is 436 g/mol. The fraction of sp³-hybridized carbons (Fsp3) is 1.00. The Kier molecular flexibility index (Phi) is 11.1. The molecule has 0 rings (SSSR count). The molecular weight excluding hydrogens is 388 g/mol. The molecule has 0 aliphatic carbocycles. The van der Waals surface area contributed by atoms with Crippen LogP contribution >= 0.6 is 0 Å². The van der Waals surface area contributed by atoms with E-state index in [1.807, 2.05) is 20.0 Å². The molecule has 0 spiro atoms. The first-order valence-corrected chi connectivity index (χ1v) is 17.0. The molecule has 0 amide bonds. The maximum absolute atomic E-state index is 10.00. The van der Waals surface area contributed by atoms with Crippen LogP contribution in [0.3, 0.4) is 0 Å². The molecule has 0 aromatic rings. The van der Waals surface area contributed by atoms with Crippen LogP contribution in [0.5, 0.6) is 0 Å². The van der Waals surface area contributed by atoms with Gasteiger partial charge in [0.15, 0.2) is 14.6 Å². The Morgan fingerprint density at radius 1 is 0.964 bits per heavy atom. The van der Waals surface area contributed by atoms with Gasteiger partial charge in [-0.3, -0.25) is 0 Å². The van der Waals surface area contributed by atoms with Gasteiger partial charge in [-0.25, -0.2) is 0 Å². The third-order valence-electron chi connectivity index (χ3n) is 4.79. The predicted octanol–water partition coefficient (Wildman–Crippen LogP) is 5.27. The molecular formula is C21H48O5Si2. The van der Waals surface area contributed by atoms with E-state index in [0.29, 0.717) is 6.42 Å². The third kappa shape index (κ3) is 12.0. The fourth-order valence-corrected chi connectivity index (χ4v) is 10.9. The second-order valence-electron chi connectivity index (χ2n) is 11.1. The van der Waals surface area contributed by atoms with E-state index in [1.165, 1.54) is 0 Å². The first-order valence-electron chi connectivity index (χ1n) is 10.8. The van der Waals surface area contributed by atoms with Crippen LogP contribution in [0.2, 0.25) is 32.7 Å². The lowest BCUT2D eigenvalue weighted by molar-refractivity contribution is -0.189. The van der Waals surface area contributed by atoms with E-state index in [2.05, 4.69) is 54.3 Å². The Morgan fingerprint density at radius 3 is 1.89 bits per heavy atom. The van der Waals surface area contributed by atoms with Gasteiger partial charge in [0, 0.05) is 0 Å². The van der Waals surface area contributed by atoms with Crippen molar-refractivity contribution in [1.82, 2.24) is 0 Å². The summed E-state index contributed by atoms with van der Waals surface area (Å²) < 4.78 is 18.8. The smallest absolute Gasteiger partial charge is 0.323 e. The van der Waals surface area contributed by atoms with Crippen molar-refractivity contribution in [3.63, 3.8) is 0 Å². The van der Waals surface area contributed by atoms with E-state index >= 15 is 0 Å². The predicted molar refractivity (Wildman–Crippen MR) is 122 cm³/mol. The highest BCUT2D eigenvalue weighted by molar-refractivity contribution is 6.81. The molecule has 7 heteroatoms. The summed E-state index contributed by atoms with van der Waals surface area (Å²) in [5.41, 5.74) is -0.140. The quantitative estimate of drug-likeness (QED) is 0.287.